The maximum Gasteiger partial charge on any atom is 0.284 e. The second-order valence-electron chi connectivity index (χ2n) is 6.86. The molecule has 1 heterocycles. The summed E-state index contributed by atoms with van der Waals surface area (Å²) in [5.74, 6) is -1.29. The van der Waals surface area contributed by atoms with Crippen LogP contribution in [0.15, 0.2) is 63.9 Å². The van der Waals surface area contributed by atoms with Gasteiger partial charge in [0.15, 0.2) is 5.17 Å². The van der Waals surface area contributed by atoms with Crippen molar-refractivity contribution in [1.82, 2.24) is 4.90 Å². The Morgan fingerprint density at radius 3 is 2.53 bits per heavy atom. The molecule has 11 heteroatoms. The molecule has 0 spiro atoms. The molecule has 8 nitrogen and oxygen atoms in total. The highest BCUT2D eigenvalue weighted by Crippen LogP contribution is 2.31. The molecular formula is C21H22FN3O5S2. The Morgan fingerprint density at radius 1 is 1.19 bits per heavy atom. The minimum Gasteiger partial charge on any atom is -0.385 e. The van der Waals surface area contributed by atoms with E-state index in [1.165, 1.54) is 48.4 Å². The minimum atomic E-state index is -4.03. The molecule has 0 saturated carbocycles. The summed E-state index contributed by atoms with van der Waals surface area (Å²) in [5.41, 5.74) is 0.393. The number of nitrogens with zero attached hydrogens (tertiary/aromatic N) is 2. The fourth-order valence-corrected chi connectivity index (χ4v) is 5.35. The van der Waals surface area contributed by atoms with Gasteiger partial charge in [-0.2, -0.15) is 8.42 Å². The van der Waals surface area contributed by atoms with Crippen LogP contribution in [0, 0.1) is 5.82 Å². The first-order valence-corrected chi connectivity index (χ1v) is 12.0. The van der Waals surface area contributed by atoms with Crippen LogP contribution in [0.5, 0.6) is 0 Å². The first-order chi connectivity index (χ1) is 15.3. The van der Waals surface area contributed by atoms with Crippen LogP contribution in [0.25, 0.3) is 0 Å². The van der Waals surface area contributed by atoms with Gasteiger partial charge in [-0.15, -0.1) is 4.40 Å². The predicted molar refractivity (Wildman–Crippen MR) is 120 cm³/mol. The molecule has 170 valence electrons. The van der Waals surface area contributed by atoms with E-state index >= 15 is 0 Å². The van der Waals surface area contributed by atoms with E-state index in [0.29, 0.717) is 18.7 Å². The Morgan fingerprint density at radius 2 is 1.88 bits per heavy atom. The van der Waals surface area contributed by atoms with Crippen molar-refractivity contribution in [3.63, 3.8) is 0 Å². The monoisotopic (exact) mass is 479 g/mol. The highest BCUT2D eigenvalue weighted by Gasteiger charge is 2.40. The van der Waals surface area contributed by atoms with Gasteiger partial charge in [0.1, 0.15) is 11.1 Å². The molecule has 0 aliphatic carbocycles. The third-order valence-electron chi connectivity index (χ3n) is 4.49. The van der Waals surface area contributed by atoms with Crippen molar-refractivity contribution in [2.24, 2.45) is 4.40 Å². The number of nitrogens with one attached hydrogen (secondary N) is 1. The number of thioether (sulfide) groups is 1. The summed E-state index contributed by atoms with van der Waals surface area (Å²) in [5, 5.41) is 1.80. The molecule has 1 saturated heterocycles. The maximum atomic E-state index is 13.0. The van der Waals surface area contributed by atoms with Crippen LogP contribution >= 0.6 is 11.8 Å². The zero-order chi connectivity index (χ0) is 23.1. The number of rotatable bonds is 9. The van der Waals surface area contributed by atoms with Crippen LogP contribution in [0.1, 0.15) is 12.8 Å². The van der Waals surface area contributed by atoms with Gasteiger partial charge in [-0.1, -0.05) is 30.0 Å². The van der Waals surface area contributed by atoms with Gasteiger partial charge in [0.2, 0.25) is 11.8 Å². The van der Waals surface area contributed by atoms with Gasteiger partial charge in [-0.3, -0.25) is 14.5 Å². The van der Waals surface area contributed by atoms with Crippen LogP contribution in [0.3, 0.4) is 0 Å². The fraction of sp³-hybridized carbons (Fsp3) is 0.286. The SMILES string of the molecule is COCCCN1C(=O)C(CC(=O)Nc2ccc(F)cc2)S/C1=N\S(=O)(=O)c1ccccc1. The van der Waals surface area contributed by atoms with Crippen molar-refractivity contribution in [2.45, 2.75) is 23.0 Å². The van der Waals surface area contributed by atoms with Crippen molar-refractivity contribution in [2.75, 3.05) is 25.6 Å². The number of anilines is 1. The third kappa shape index (κ3) is 6.15. The lowest BCUT2D eigenvalue weighted by molar-refractivity contribution is -0.128. The van der Waals surface area contributed by atoms with E-state index in [0.717, 1.165) is 11.8 Å². The Kier molecular flexibility index (Phi) is 7.99. The largest absolute Gasteiger partial charge is 0.385 e. The molecule has 0 bridgehead atoms. The predicted octanol–water partition coefficient (Wildman–Crippen LogP) is 2.88. The number of carbonyl (C=O) groups is 2. The van der Waals surface area contributed by atoms with Gasteiger partial charge in [0, 0.05) is 32.4 Å². The lowest BCUT2D eigenvalue weighted by Gasteiger charge is -2.16. The van der Waals surface area contributed by atoms with Crippen LogP contribution in [-0.2, 0) is 24.3 Å². The molecule has 1 unspecified atom stereocenters. The van der Waals surface area contributed by atoms with Gasteiger partial charge < -0.3 is 10.1 Å². The number of amides is 2. The lowest BCUT2D eigenvalue weighted by Crippen LogP contribution is -2.35. The zero-order valence-corrected chi connectivity index (χ0v) is 18.9. The van der Waals surface area contributed by atoms with E-state index < -0.39 is 32.9 Å². The topological polar surface area (TPSA) is 105 Å². The molecular weight excluding hydrogens is 457 g/mol. The Balaban J connectivity index is 1.77. The molecule has 0 radical (unpaired) electrons. The van der Waals surface area contributed by atoms with Gasteiger partial charge in [0.25, 0.3) is 10.0 Å². The van der Waals surface area contributed by atoms with Crippen LogP contribution in [0.4, 0.5) is 10.1 Å². The number of methoxy groups -OCH3 is 1. The number of halogens is 1. The highest BCUT2D eigenvalue weighted by atomic mass is 32.2. The molecule has 1 N–H and O–H groups in total. The van der Waals surface area contributed by atoms with Crippen molar-refractivity contribution in [3.8, 4) is 0 Å². The van der Waals surface area contributed by atoms with Crippen molar-refractivity contribution < 1.29 is 27.1 Å². The minimum absolute atomic E-state index is 0.00916. The summed E-state index contributed by atoms with van der Waals surface area (Å²) in [7, 11) is -2.50. The summed E-state index contributed by atoms with van der Waals surface area (Å²) in [6, 6.07) is 12.9. The van der Waals surface area contributed by atoms with E-state index in [1.807, 2.05) is 0 Å². The van der Waals surface area contributed by atoms with E-state index in [9.17, 15) is 22.4 Å². The molecule has 1 aliphatic heterocycles. The number of hydrogen-bond donors (Lipinski definition) is 1. The normalized spacial score (nSPS) is 17.7. The summed E-state index contributed by atoms with van der Waals surface area (Å²) < 4.78 is 47.3. The number of ether oxygens (including phenoxy) is 1. The Bertz CT molecular complexity index is 1090. The Labute approximate surface area is 189 Å². The number of carbonyl (C=O) groups excluding carboxylic acids is 2. The van der Waals surface area contributed by atoms with Crippen molar-refractivity contribution in [3.05, 3.63) is 60.4 Å². The molecule has 32 heavy (non-hydrogen) atoms. The Hall–Kier alpha value is -2.76. The van der Waals surface area contributed by atoms with Gasteiger partial charge in [-0.05, 0) is 42.8 Å². The van der Waals surface area contributed by atoms with Crippen LogP contribution in [-0.4, -0.2) is 55.8 Å². The fourth-order valence-electron chi connectivity index (χ4n) is 2.94. The van der Waals surface area contributed by atoms with Crippen molar-refractivity contribution in [1.29, 1.82) is 0 Å². The molecule has 1 atom stereocenters. The number of sulfonamides is 1. The van der Waals surface area contributed by atoms with Crippen molar-refractivity contribution >= 4 is 44.5 Å². The molecule has 2 aromatic carbocycles. The summed E-state index contributed by atoms with van der Waals surface area (Å²) in [4.78, 5) is 26.6. The first-order valence-electron chi connectivity index (χ1n) is 9.72. The maximum absolute atomic E-state index is 13.0. The quantitative estimate of drug-likeness (QED) is 0.555. The van der Waals surface area contributed by atoms with Gasteiger partial charge in [0.05, 0.1) is 4.90 Å². The average Bonchev–Trinajstić information content (AvgIpc) is 3.04. The van der Waals surface area contributed by atoms with Crippen LogP contribution in [0.2, 0.25) is 0 Å². The van der Waals surface area contributed by atoms with E-state index in [1.54, 1.807) is 18.2 Å². The zero-order valence-electron chi connectivity index (χ0n) is 17.2. The summed E-state index contributed by atoms with van der Waals surface area (Å²) in [6.07, 6.45) is 0.285. The third-order valence-corrected chi connectivity index (χ3v) is 7.06. The number of amidine groups is 1. The standard InChI is InChI=1S/C21H22FN3O5S2/c1-30-13-5-12-25-20(27)18(14-19(26)23-16-10-8-15(22)9-11-16)31-21(25)24-32(28,29)17-6-3-2-4-7-17/h2-4,6-11,18H,5,12-14H2,1H3,(H,23,26)/b24-21-. The number of benzene rings is 2. The highest BCUT2D eigenvalue weighted by molar-refractivity contribution is 8.16. The first kappa shape index (κ1) is 23.9. The molecule has 2 aromatic rings. The van der Waals surface area contributed by atoms with E-state index in [2.05, 4.69) is 9.71 Å². The summed E-state index contributed by atoms with van der Waals surface area (Å²) >= 11 is 0.933. The summed E-state index contributed by atoms with van der Waals surface area (Å²) in [6.45, 7) is 0.585. The van der Waals surface area contributed by atoms with Gasteiger partial charge in [-0.25, -0.2) is 4.39 Å². The van der Waals surface area contributed by atoms with Gasteiger partial charge >= 0.3 is 0 Å². The van der Waals surface area contributed by atoms with E-state index in [-0.39, 0.29) is 23.0 Å². The number of hydrogen-bond acceptors (Lipinski definition) is 6. The van der Waals surface area contributed by atoms with E-state index in [4.69, 9.17) is 4.74 Å². The van der Waals surface area contributed by atoms with Crippen LogP contribution < -0.4 is 5.32 Å². The molecule has 2 amide bonds. The lowest BCUT2D eigenvalue weighted by atomic mass is 10.2. The second kappa shape index (κ2) is 10.7. The molecule has 0 aromatic heterocycles. The molecule has 1 fully saturated rings. The smallest absolute Gasteiger partial charge is 0.284 e. The molecule has 1 aliphatic rings. The molecule has 3 rings (SSSR count). The average molecular weight is 480 g/mol. The second-order valence-corrected chi connectivity index (χ2v) is 9.64.